The van der Waals surface area contributed by atoms with E-state index in [1.54, 1.807) is 6.20 Å². The van der Waals surface area contributed by atoms with E-state index in [1.807, 2.05) is 42.7 Å². The second-order valence-electron chi connectivity index (χ2n) is 10.1. The average molecular weight is 570 g/mol. The highest BCUT2D eigenvalue weighted by atomic mass is 32.2. The van der Waals surface area contributed by atoms with E-state index in [4.69, 9.17) is 4.98 Å². The van der Waals surface area contributed by atoms with Crippen LogP contribution in [0, 0.1) is 5.82 Å². The van der Waals surface area contributed by atoms with Gasteiger partial charge in [-0.2, -0.15) is 5.10 Å². The zero-order valence-electron chi connectivity index (χ0n) is 22.6. The number of rotatable bonds is 9. The summed E-state index contributed by atoms with van der Waals surface area (Å²) < 4.78 is 37.9. The number of hydrogen-bond donors (Lipinski definition) is 3. The van der Waals surface area contributed by atoms with Gasteiger partial charge in [-0.1, -0.05) is 25.1 Å². The molecule has 6 aromatic rings. The molecule has 0 aliphatic carbocycles. The number of aromatic nitrogens is 6. The van der Waals surface area contributed by atoms with Gasteiger partial charge >= 0.3 is 0 Å². The minimum absolute atomic E-state index is 0.0500. The van der Waals surface area contributed by atoms with Gasteiger partial charge in [-0.3, -0.25) is 10.1 Å². The molecule has 0 saturated carbocycles. The molecule has 0 bridgehead atoms. The largest absolute Gasteiger partial charge is 0.337 e. The van der Waals surface area contributed by atoms with Gasteiger partial charge in [0.2, 0.25) is 0 Å². The zero-order chi connectivity index (χ0) is 28.6. The number of para-hydroxylation sites is 1. The Morgan fingerprint density at radius 3 is 2.63 bits per heavy atom. The van der Waals surface area contributed by atoms with E-state index < -0.39 is 15.7 Å². The fraction of sp³-hybridized carbons (Fsp3) is 0.200. The number of aryl methyl sites for hydroxylation is 1. The van der Waals surface area contributed by atoms with E-state index in [2.05, 4.69) is 43.5 Å². The van der Waals surface area contributed by atoms with Gasteiger partial charge in [0.05, 0.1) is 22.2 Å². The summed E-state index contributed by atoms with van der Waals surface area (Å²) in [5.41, 5.74) is 7.58. The molecule has 6 rings (SSSR count). The second-order valence-corrected chi connectivity index (χ2v) is 12.3. The van der Waals surface area contributed by atoms with Crippen molar-refractivity contribution >= 4 is 31.9 Å². The summed E-state index contributed by atoms with van der Waals surface area (Å²) >= 11 is 0. The predicted octanol–water partition coefficient (Wildman–Crippen LogP) is 5.07. The lowest BCUT2D eigenvalue weighted by molar-refractivity contribution is 0.600. The number of hydrogen-bond acceptors (Lipinski definition) is 7. The van der Waals surface area contributed by atoms with Gasteiger partial charge in [-0.15, -0.1) is 0 Å². The number of benzene rings is 2. The molecule has 0 aliphatic rings. The number of pyridine rings is 2. The Balaban J connectivity index is 1.39. The smallest absolute Gasteiger partial charge is 0.181 e. The summed E-state index contributed by atoms with van der Waals surface area (Å²) in [5, 5.41) is 11.6. The molecule has 208 valence electrons. The van der Waals surface area contributed by atoms with Crippen LogP contribution in [0.1, 0.15) is 18.1 Å². The topological polar surface area (TPSA) is 129 Å². The molecule has 4 aromatic heterocycles. The van der Waals surface area contributed by atoms with E-state index >= 15 is 0 Å². The molecule has 9 nitrogen and oxygen atoms in total. The zero-order valence-corrected chi connectivity index (χ0v) is 23.4. The Morgan fingerprint density at radius 2 is 1.80 bits per heavy atom. The summed E-state index contributed by atoms with van der Waals surface area (Å²) in [6, 6.07) is 14.4. The van der Waals surface area contributed by atoms with Crippen molar-refractivity contribution in [3.63, 3.8) is 0 Å². The normalized spacial score (nSPS) is 12.0. The summed E-state index contributed by atoms with van der Waals surface area (Å²) in [5.74, 6) is 0.0912. The molecule has 0 unspecified atom stereocenters. The fourth-order valence-electron chi connectivity index (χ4n) is 4.89. The first-order valence-corrected chi connectivity index (χ1v) is 15.3. The van der Waals surface area contributed by atoms with Crippen molar-refractivity contribution in [1.29, 1.82) is 0 Å². The van der Waals surface area contributed by atoms with Gasteiger partial charge in [-0.05, 0) is 60.0 Å². The minimum Gasteiger partial charge on any atom is -0.337 e. The van der Waals surface area contributed by atoms with Gasteiger partial charge in [-0.25, -0.2) is 22.8 Å². The number of sulfone groups is 1. The molecule has 0 radical (unpaired) electrons. The summed E-state index contributed by atoms with van der Waals surface area (Å²) in [6.45, 7) is 3.67. The van der Waals surface area contributed by atoms with Gasteiger partial charge in [0, 0.05) is 48.1 Å². The fourth-order valence-corrected chi connectivity index (χ4v) is 5.49. The molecule has 4 heterocycles. The summed E-state index contributed by atoms with van der Waals surface area (Å²) in [4.78, 5) is 17.2. The number of imidazole rings is 1. The van der Waals surface area contributed by atoms with E-state index in [0.717, 1.165) is 46.2 Å². The lowest BCUT2D eigenvalue weighted by Gasteiger charge is -2.07. The third-order valence-corrected chi connectivity index (χ3v) is 7.84. The van der Waals surface area contributed by atoms with Crippen molar-refractivity contribution in [2.75, 3.05) is 18.6 Å². The Labute approximate surface area is 236 Å². The van der Waals surface area contributed by atoms with Crippen LogP contribution in [0.3, 0.4) is 0 Å². The monoisotopic (exact) mass is 569 g/mol. The Bertz CT molecular complexity index is 2000. The Kier molecular flexibility index (Phi) is 7.06. The standard InChI is InChI=1S/C30H28FN7O2S/c1-3-32-14-19-10-21(16-33-15-19)22-13-25-28(37-38-29(25)34-17-22)30-35-26-6-4-5-24(27(26)36-30)20-9-18(11-23(31)12-20)7-8-41(2,39)40/h4-6,9-13,15-17,32H,3,7-8,14H2,1-2H3,(H,35,36)(H,34,37,38). The van der Waals surface area contributed by atoms with Crippen molar-refractivity contribution in [2.24, 2.45) is 0 Å². The van der Waals surface area contributed by atoms with E-state index in [-0.39, 0.29) is 12.2 Å². The third-order valence-electron chi connectivity index (χ3n) is 6.90. The van der Waals surface area contributed by atoms with Gasteiger partial charge < -0.3 is 10.3 Å². The molecule has 0 spiro atoms. The first kappa shape index (κ1) is 26.7. The molecule has 0 aliphatic heterocycles. The lowest BCUT2D eigenvalue weighted by atomic mass is 10.0. The maximum Gasteiger partial charge on any atom is 0.181 e. The molecule has 0 saturated heterocycles. The van der Waals surface area contributed by atoms with Crippen molar-refractivity contribution in [3.05, 3.63) is 84.1 Å². The molecule has 3 N–H and O–H groups in total. The van der Waals surface area contributed by atoms with Crippen LogP contribution in [0.5, 0.6) is 0 Å². The summed E-state index contributed by atoms with van der Waals surface area (Å²) in [6.07, 6.45) is 6.85. The van der Waals surface area contributed by atoms with Crippen LogP contribution in [-0.2, 0) is 22.8 Å². The minimum atomic E-state index is -3.17. The number of halogens is 1. The molecular formula is C30H28FN7O2S. The first-order valence-electron chi connectivity index (χ1n) is 13.2. The van der Waals surface area contributed by atoms with Crippen LogP contribution in [0.2, 0.25) is 0 Å². The molecule has 11 heteroatoms. The van der Waals surface area contributed by atoms with E-state index in [1.165, 1.54) is 18.4 Å². The van der Waals surface area contributed by atoms with Crippen molar-refractivity contribution in [2.45, 2.75) is 19.9 Å². The van der Waals surface area contributed by atoms with E-state index in [0.29, 0.717) is 33.8 Å². The third kappa shape index (κ3) is 5.72. The molecule has 2 aromatic carbocycles. The molecule has 0 atom stereocenters. The lowest BCUT2D eigenvalue weighted by Crippen LogP contribution is -2.11. The SMILES string of the molecule is CCNCc1cncc(-c2cnc3n[nH]c(-c4nc5c(-c6cc(F)cc(CCS(C)(=O)=O)c6)cccc5[nH]4)c3c2)c1. The highest BCUT2D eigenvalue weighted by molar-refractivity contribution is 7.90. The van der Waals surface area contributed by atoms with Crippen molar-refractivity contribution in [3.8, 4) is 33.8 Å². The number of nitrogens with one attached hydrogen (secondary N) is 3. The quantitative estimate of drug-likeness (QED) is 0.222. The number of aromatic amines is 2. The van der Waals surface area contributed by atoms with Crippen molar-refractivity contribution < 1.29 is 12.8 Å². The highest BCUT2D eigenvalue weighted by Crippen LogP contribution is 2.33. The maximum absolute atomic E-state index is 14.6. The Hall–Kier alpha value is -4.48. The highest BCUT2D eigenvalue weighted by Gasteiger charge is 2.17. The maximum atomic E-state index is 14.6. The Morgan fingerprint density at radius 1 is 0.976 bits per heavy atom. The van der Waals surface area contributed by atoms with Gasteiger partial charge in [0.15, 0.2) is 11.5 Å². The molecule has 41 heavy (non-hydrogen) atoms. The van der Waals surface area contributed by atoms with Crippen LogP contribution >= 0.6 is 0 Å². The van der Waals surface area contributed by atoms with Gasteiger partial charge in [0.25, 0.3) is 0 Å². The van der Waals surface area contributed by atoms with Crippen molar-refractivity contribution in [1.82, 2.24) is 35.5 Å². The summed E-state index contributed by atoms with van der Waals surface area (Å²) in [7, 11) is -3.17. The van der Waals surface area contributed by atoms with Crippen LogP contribution in [0.15, 0.2) is 67.1 Å². The van der Waals surface area contributed by atoms with Crippen LogP contribution in [-0.4, -0.2) is 57.1 Å². The number of H-pyrrole nitrogens is 2. The first-order chi connectivity index (χ1) is 19.8. The van der Waals surface area contributed by atoms with Crippen LogP contribution < -0.4 is 5.32 Å². The predicted molar refractivity (Wildman–Crippen MR) is 158 cm³/mol. The van der Waals surface area contributed by atoms with Crippen LogP contribution in [0.25, 0.3) is 55.8 Å². The molecule has 0 fully saturated rings. The molecule has 0 amide bonds. The second kappa shape index (κ2) is 10.8. The van der Waals surface area contributed by atoms with E-state index in [9.17, 15) is 12.8 Å². The van der Waals surface area contributed by atoms with Crippen LogP contribution in [0.4, 0.5) is 4.39 Å². The number of nitrogens with zero attached hydrogens (tertiary/aromatic N) is 4. The average Bonchev–Trinajstić information content (AvgIpc) is 3.58. The molecular weight excluding hydrogens is 541 g/mol. The van der Waals surface area contributed by atoms with Gasteiger partial charge in [0.1, 0.15) is 21.3 Å². The number of fused-ring (bicyclic) bond motifs is 2.